The molecule has 2 aromatic rings. The average molecular weight is 364 g/mol. The lowest BCUT2D eigenvalue weighted by atomic mass is 10.0. The Morgan fingerprint density at radius 1 is 1.30 bits per heavy atom. The second kappa shape index (κ2) is 6.28. The molecule has 1 aromatic carbocycles. The third kappa shape index (κ3) is 3.84. The highest BCUT2D eigenvalue weighted by Crippen LogP contribution is 2.34. The van der Waals surface area contributed by atoms with Crippen LogP contribution in [0.3, 0.4) is 0 Å². The average Bonchev–Trinajstić information content (AvgIpc) is 2.81. The van der Waals surface area contributed by atoms with Crippen LogP contribution in [0.4, 0.5) is 13.2 Å². The molecule has 0 aliphatic rings. The number of rotatable bonds is 4. The van der Waals surface area contributed by atoms with E-state index in [9.17, 15) is 13.2 Å². The summed E-state index contributed by atoms with van der Waals surface area (Å²) < 4.78 is 39.8. The molecule has 0 saturated heterocycles. The molecule has 2 rings (SSSR count). The topological polar surface area (TPSA) is 12.0 Å². The first-order chi connectivity index (χ1) is 9.38. The summed E-state index contributed by atoms with van der Waals surface area (Å²) in [4.78, 5) is 1.08. The number of nitrogens with one attached hydrogen (secondary N) is 1. The molecule has 1 nitrogen and oxygen atoms in total. The Morgan fingerprint density at radius 2 is 2.00 bits per heavy atom. The maximum atomic E-state index is 12.9. The van der Waals surface area contributed by atoms with Crippen LogP contribution in [-0.4, -0.2) is 0 Å². The molecule has 1 heterocycles. The van der Waals surface area contributed by atoms with Crippen LogP contribution in [0.2, 0.25) is 0 Å². The SMILES string of the molecule is CC(NCc1cc(Br)cs1)c1ccccc1C(F)(F)F. The maximum Gasteiger partial charge on any atom is 0.416 e. The van der Waals surface area contributed by atoms with Crippen LogP contribution >= 0.6 is 27.3 Å². The van der Waals surface area contributed by atoms with Crippen molar-refractivity contribution in [3.05, 3.63) is 56.2 Å². The van der Waals surface area contributed by atoms with Crippen molar-refractivity contribution in [2.45, 2.75) is 25.7 Å². The fraction of sp³-hybridized carbons (Fsp3) is 0.286. The quantitative estimate of drug-likeness (QED) is 0.768. The minimum absolute atomic E-state index is 0.274. The summed E-state index contributed by atoms with van der Waals surface area (Å²) in [6, 6.07) is 7.27. The number of halogens is 4. The van der Waals surface area contributed by atoms with Gasteiger partial charge in [0.15, 0.2) is 0 Å². The lowest BCUT2D eigenvalue weighted by Gasteiger charge is -2.19. The normalized spacial score (nSPS) is 13.4. The van der Waals surface area contributed by atoms with E-state index < -0.39 is 11.7 Å². The molecule has 108 valence electrons. The number of hydrogen-bond donors (Lipinski definition) is 1. The van der Waals surface area contributed by atoms with Gasteiger partial charge in [0.2, 0.25) is 0 Å². The van der Waals surface area contributed by atoms with Crippen LogP contribution < -0.4 is 5.32 Å². The van der Waals surface area contributed by atoms with Crippen molar-refractivity contribution in [3.8, 4) is 0 Å². The van der Waals surface area contributed by atoms with Crippen LogP contribution in [0.25, 0.3) is 0 Å². The van der Waals surface area contributed by atoms with Gasteiger partial charge in [-0.15, -0.1) is 11.3 Å². The minimum Gasteiger partial charge on any atom is -0.305 e. The van der Waals surface area contributed by atoms with Gasteiger partial charge < -0.3 is 5.32 Å². The van der Waals surface area contributed by atoms with Gasteiger partial charge in [0.1, 0.15) is 0 Å². The Labute approximate surface area is 128 Å². The van der Waals surface area contributed by atoms with Crippen molar-refractivity contribution >= 4 is 27.3 Å². The Morgan fingerprint density at radius 3 is 2.60 bits per heavy atom. The van der Waals surface area contributed by atoms with E-state index in [0.717, 1.165) is 15.4 Å². The van der Waals surface area contributed by atoms with E-state index in [2.05, 4.69) is 21.2 Å². The van der Waals surface area contributed by atoms with Gasteiger partial charge >= 0.3 is 6.18 Å². The van der Waals surface area contributed by atoms with Gasteiger partial charge in [0, 0.05) is 27.3 Å². The second-order valence-corrected chi connectivity index (χ2v) is 6.33. The van der Waals surface area contributed by atoms with E-state index in [0.29, 0.717) is 6.54 Å². The monoisotopic (exact) mass is 363 g/mol. The molecule has 0 aliphatic heterocycles. The van der Waals surface area contributed by atoms with E-state index >= 15 is 0 Å². The van der Waals surface area contributed by atoms with Gasteiger partial charge in [-0.25, -0.2) is 0 Å². The van der Waals surface area contributed by atoms with Gasteiger partial charge in [-0.2, -0.15) is 13.2 Å². The zero-order valence-corrected chi connectivity index (χ0v) is 13.1. The number of hydrogen-bond acceptors (Lipinski definition) is 2. The van der Waals surface area contributed by atoms with Crippen molar-refractivity contribution in [2.75, 3.05) is 0 Å². The fourth-order valence-electron chi connectivity index (χ4n) is 1.94. The minimum atomic E-state index is -4.32. The Balaban J connectivity index is 2.11. The molecule has 0 bridgehead atoms. The predicted molar refractivity (Wildman–Crippen MR) is 78.7 cm³/mol. The van der Waals surface area contributed by atoms with Crippen molar-refractivity contribution in [1.82, 2.24) is 5.32 Å². The molecule has 0 radical (unpaired) electrons. The van der Waals surface area contributed by atoms with Crippen LogP contribution in [-0.2, 0) is 12.7 Å². The molecule has 1 aromatic heterocycles. The zero-order chi connectivity index (χ0) is 14.8. The Kier molecular flexibility index (Phi) is 4.88. The molecule has 0 spiro atoms. The number of alkyl halides is 3. The highest BCUT2D eigenvalue weighted by molar-refractivity contribution is 9.10. The lowest BCUT2D eigenvalue weighted by molar-refractivity contribution is -0.138. The summed E-state index contributed by atoms with van der Waals surface area (Å²) in [6.07, 6.45) is -4.32. The molecule has 0 fully saturated rings. The maximum absolute atomic E-state index is 12.9. The van der Waals surface area contributed by atoms with Gasteiger partial charge in [0.05, 0.1) is 5.56 Å². The predicted octanol–water partition coefficient (Wildman–Crippen LogP) is 5.38. The first-order valence-corrected chi connectivity index (χ1v) is 7.67. The first kappa shape index (κ1) is 15.5. The summed E-state index contributed by atoms with van der Waals surface area (Å²) in [5.41, 5.74) is -0.303. The van der Waals surface area contributed by atoms with E-state index in [1.807, 2.05) is 11.4 Å². The van der Waals surface area contributed by atoms with E-state index in [4.69, 9.17) is 0 Å². The molecular weight excluding hydrogens is 351 g/mol. The fourth-order valence-corrected chi connectivity index (χ4v) is 3.34. The summed E-state index contributed by atoms with van der Waals surface area (Å²) in [5.74, 6) is 0. The van der Waals surface area contributed by atoms with Crippen LogP contribution in [0, 0.1) is 0 Å². The largest absolute Gasteiger partial charge is 0.416 e. The van der Waals surface area contributed by atoms with Gasteiger partial charge in [-0.05, 0) is 40.5 Å². The molecular formula is C14H13BrF3NS. The molecule has 1 N–H and O–H groups in total. The van der Waals surface area contributed by atoms with Crippen molar-refractivity contribution in [1.29, 1.82) is 0 Å². The third-order valence-electron chi connectivity index (χ3n) is 2.94. The van der Waals surface area contributed by atoms with Gasteiger partial charge in [0.25, 0.3) is 0 Å². The standard InChI is InChI=1S/C14H13BrF3NS/c1-9(19-7-11-6-10(15)8-20-11)12-4-2-3-5-13(12)14(16,17)18/h2-6,8-9,19H,7H2,1H3. The van der Waals surface area contributed by atoms with E-state index in [1.165, 1.54) is 12.1 Å². The molecule has 0 aliphatic carbocycles. The van der Waals surface area contributed by atoms with Crippen LogP contribution in [0.15, 0.2) is 40.2 Å². The third-order valence-corrected chi connectivity index (χ3v) is 4.63. The highest BCUT2D eigenvalue weighted by Gasteiger charge is 2.33. The summed E-state index contributed by atoms with van der Waals surface area (Å²) in [6.45, 7) is 2.29. The van der Waals surface area contributed by atoms with E-state index in [-0.39, 0.29) is 11.6 Å². The van der Waals surface area contributed by atoms with Crippen molar-refractivity contribution in [2.24, 2.45) is 0 Å². The molecule has 0 saturated carbocycles. The second-order valence-electron chi connectivity index (χ2n) is 4.42. The Hall–Kier alpha value is -0.850. The first-order valence-electron chi connectivity index (χ1n) is 6.00. The van der Waals surface area contributed by atoms with Crippen molar-refractivity contribution < 1.29 is 13.2 Å². The smallest absolute Gasteiger partial charge is 0.305 e. The summed E-state index contributed by atoms with van der Waals surface area (Å²) in [5, 5.41) is 5.08. The molecule has 6 heteroatoms. The van der Waals surface area contributed by atoms with Crippen LogP contribution in [0.5, 0.6) is 0 Å². The zero-order valence-electron chi connectivity index (χ0n) is 10.7. The van der Waals surface area contributed by atoms with E-state index in [1.54, 1.807) is 24.3 Å². The molecule has 20 heavy (non-hydrogen) atoms. The lowest BCUT2D eigenvalue weighted by Crippen LogP contribution is -2.21. The van der Waals surface area contributed by atoms with Gasteiger partial charge in [-0.1, -0.05) is 18.2 Å². The van der Waals surface area contributed by atoms with Crippen molar-refractivity contribution in [3.63, 3.8) is 0 Å². The highest BCUT2D eigenvalue weighted by atomic mass is 79.9. The Bertz CT molecular complexity index is 580. The summed E-state index contributed by atoms with van der Waals surface area (Å²) >= 11 is 4.92. The molecule has 1 atom stereocenters. The molecule has 0 amide bonds. The summed E-state index contributed by atoms with van der Waals surface area (Å²) in [7, 11) is 0. The van der Waals surface area contributed by atoms with Gasteiger partial charge in [-0.3, -0.25) is 0 Å². The number of thiophene rings is 1. The molecule has 1 unspecified atom stereocenters. The number of benzene rings is 1. The van der Waals surface area contributed by atoms with Crippen LogP contribution in [0.1, 0.15) is 29.0 Å².